The summed E-state index contributed by atoms with van der Waals surface area (Å²) in [4.78, 5) is 38.9. The lowest BCUT2D eigenvalue weighted by Crippen LogP contribution is -2.43. The van der Waals surface area contributed by atoms with Crippen molar-refractivity contribution < 1.29 is 18.8 Å². The van der Waals surface area contributed by atoms with Gasteiger partial charge in [0, 0.05) is 5.02 Å². The highest BCUT2D eigenvalue weighted by atomic mass is 35.5. The van der Waals surface area contributed by atoms with E-state index < -0.39 is 35.6 Å². The summed E-state index contributed by atoms with van der Waals surface area (Å²) in [6.45, 7) is 1.44. The van der Waals surface area contributed by atoms with Crippen molar-refractivity contribution in [2.75, 3.05) is 16.8 Å². The van der Waals surface area contributed by atoms with Crippen molar-refractivity contribution in [2.24, 2.45) is 10.3 Å². The van der Waals surface area contributed by atoms with Gasteiger partial charge in [0.05, 0.1) is 11.4 Å². The Morgan fingerprint density at radius 3 is 2.69 bits per heavy atom. The zero-order chi connectivity index (χ0) is 20.7. The number of carbonyl (C=O) groups is 3. The molecule has 2 heterocycles. The highest BCUT2D eigenvalue weighted by Gasteiger charge is 2.55. The lowest BCUT2D eigenvalue weighted by atomic mass is 10.1. The van der Waals surface area contributed by atoms with E-state index in [4.69, 9.17) is 11.6 Å². The number of amides is 3. The highest BCUT2D eigenvalue weighted by molar-refractivity contribution is 6.32. The summed E-state index contributed by atoms with van der Waals surface area (Å²) in [7, 11) is 0. The van der Waals surface area contributed by atoms with Crippen LogP contribution in [-0.4, -0.2) is 41.4 Å². The first-order chi connectivity index (χ1) is 13.9. The number of hydrogen-bond donors (Lipinski definition) is 1. The zero-order valence-electron chi connectivity index (χ0n) is 15.2. The van der Waals surface area contributed by atoms with Crippen LogP contribution in [0, 0.1) is 12.7 Å². The number of hydrogen-bond acceptors (Lipinski definition) is 6. The Labute approximate surface area is 169 Å². The number of nitrogens with one attached hydrogen (secondary N) is 1. The summed E-state index contributed by atoms with van der Waals surface area (Å²) in [5.74, 6) is -2.27. The molecular formula is C19H15ClFN5O3. The number of benzene rings is 2. The van der Waals surface area contributed by atoms with Crippen LogP contribution in [-0.2, 0) is 14.4 Å². The Balaban J connectivity index is 1.51. The van der Waals surface area contributed by atoms with Crippen LogP contribution in [0.25, 0.3) is 0 Å². The van der Waals surface area contributed by atoms with Crippen molar-refractivity contribution in [1.82, 2.24) is 5.01 Å². The molecule has 2 aliphatic heterocycles. The fourth-order valence-electron chi connectivity index (χ4n) is 3.23. The second-order valence-electron chi connectivity index (χ2n) is 6.67. The summed E-state index contributed by atoms with van der Waals surface area (Å²) in [5, 5.41) is 11.6. The summed E-state index contributed by atoms with van der Waals surface area (Å²) >= 11 is 6.11. The van der Waals surface area contributed by atoms with Crippen molar-refractivity contribution >= 4 is 40.7 Å². The number of fused-ring (bicyclic) bond motifs is 1. The third-order valence-electron chi connectivity index (χ3n) is 4.73. The Hall–Kier alpha value is -3.33. The monoisotopic (exact) mass is 415 g/mol. The number of imide groups is 1. The predicted octanol–water partition coefficient (Wildman–Crippen LogP) is 2.72. The second-order valence-corrected chi connectivity index (χ2v) is 7.07. The van der Waals surface area contributed by atoms with E-state index in [1.54, 1.807) is 25.1 Å². The molecule has 0 spiro atoms. The van der Waals surface area contributed by atoms with E-state index in [0.29, 0.717) is 10.7 Å². The standard InChI is InChI=1S/C19H15ClFN5O3/c1-10-6-7-11(8-12(10)20)26-18(28)16-17(19(26)29)25(24-23-16)9-15(27)22-14-5-3-2-4-13(14)21/h2-8,16-17H,9H2,1H3,(H,22,27)/t16-,17-/m1/s1. The molecule has 4 rings (SSSR count). The SMILES string of the molecule is Cc1ccc(N2C(=O)[C@@H]3N=NN(CC(=O)Nc4ccccc4F)[C@H]3C2=O)cc1Cl. The number of aryl methyl sites for hydroxylation is 1. The average molecular weight is 416 g/mol. The minimum absolute atomic E-state index is 0.00920. The normalized spacial score (nSPS) is 20.4. The Kier molecular flexibility index (Phi) is 4.75. The number of halogens is 2. The molecule has 1 fully saturated rings. The quantitative estimate of drug-likeness (QED) is 0.777. The molecular weight excluding hydrogens is 401 g/mol. The van der Waals surface area contributed by atoms with Gasteiger partial charge in [0.2, 0.25) is 5.91 Å². The maximum Gasteiger partial charge on any atom is 0.263 e. The first kappa shape index (κ1) is 19.0. The second kappa shape index (κ2) is 7.25. The average Bonchev–Trinajstić information content (AvgIpc) is 3.20. The topological polar surface area (TPSA) is 94.4 Å². The van der Waals surface area contributed by atoms with Crippen LogP contribution in [0.3, 0.4) is 0 Å². The molecule has 29 heavy (non-hydrogen) atoms. The molecule has 10 heteroatoms. The number of carbonyl (C=O) groups excluding carboxylic acids is 3. The molecule has 2 atom stereocenters. The first-order valence-electron chi connectivity index (χ1n) is 8.72. The number of para-hydroxylation sites is 1. The van der Waals surface area contributed by atoms with Gasteiger partial charge in [-0.1, -0.05) is 35.0 Å². The van der Waals surface area contributed by atoms with Crippen molar-refractivity contribution in [1.29, 1.82) is 0 Å². The number of anilines is 2. The maximum atomic E-state index is 13.7. The smallest absolute Gasteiger partial charge is 0.263 e. The van der Waals surface area contributed by atoms with Crippen LogP contribution >= 0.6 is 11.6 Å². The van der Waals surface area contributed by atoms with Gasteiger partial charge in [-0.05, 0) is 36.8 Å². The first-order valence-corrected chi connectivity index (χ1v) is 9.10. The molecule has 0 bridgehead atoms. The van der Waals surface area contributed by atoms with Crippen LogP contribution in [0.1, 0.15) is 5.56 Å². The van der Waals surface area contributed by atoms with Gasteiger partial charge in [0.25, 0.3) is 11.8 Å². The molecule has 1 saturated heterocycles. The van der Waals surface area contributed by atoms with E-state index in [9.17, 15) is 18.8 Å². The molecule has 0 unspecified atom stereocenters. The Bertz CT molecular complexity index is 1060. The van der Waals surface area contributed by atoms with Crippen molar-refractivity contribution in [2.45, 2.75) is 19.0 Å². The molecule has 2 aromatic rings. The van der Waals surface area contributed by atoms with Crippen molar-refractivity contribution in [3.05, 3.63) is 58.9 Å². The van der Waals surface area contributed by atoms with E-state index in [2.05, 4.69) is 15.7 Å². The van der Waals surface area contributed by atoms with Gasteiger partial charge >= 0.3 is 0 Å². The molecule has 1 N–H and O–H groups in total. The molecule has 8 nitrogen and oxygen atoms in total. The third-order valence-corrected chi connectivity index (χ3v) is 5.13. The third kappa shape index (κ3) is 3.33. The maximum absolute atomic E-state index is 13.7. The predicted molar refractivity (Wildman–Crippen MR) is 103 cm³/mol. The molecule has 0 saturated carbocycles. The fraction of sp³-hybridized carbons (Fsp3) is 0.211. The minimum atomic E-state index is -1.04. The largest absolute Gasteiger partial charge is 0.322 e. The molecule has 0 aliphatic carbocycles. The summed E-state index contributed by atoms with van der Waals surface area (Å²) in [6, 6.07) is 8.47. The lowest BCUT2D eigenvalue weighted by molar-refractivity contribution is -0.123. The summed E-state index contributed by atoms with van der Waals surface area (Å²) < 4.78 is 13.7. The fourth-order valence-corrected chi connectivity index (χ4v) is 3.40. The molecule has 0 aromatic heterocycles. The van der Waals surface area contributed by atoms with Gasteiger partial charge in [0.15, 0.2) is 12.1 Å². The lowest BCUT2D eigenvalue weighted by Gasteiger charge is -2.20. The molecule has 0 radical (unpaired) electrons. The number of rotatable bonds is 4. The van der Waals surface area contributed by atoms with Gasteiger partial charge < -0.3 is 5.32 Å². The van der Waals surface area contributed by atoms with Crippen LogP contribution < -0.4 is 10.2 Å². The van der Waals surface area contributed by atoms with Gasteiger partial charge in [-0.25, -0.2) is 9.29 Å². The van der Waals surface area contributed by atoms with Crippen LogP contribution in [0.2, 0.25) is 5.02 Å². The van der Waals surface area contributed by atoms with Gasteiger partial charge in [-0.2, -0.15) is 5.11 Å². The van der Waals surface area contributed by atoms with Crippen LogP contribution in [0.5, 0.6) is 0 Å². The van der Waals surface area contributed by atoms with E-state index in [1.165, 1.54) is 24.3 Å². The summed E-state index contributed by atoms with van der Waals surface area (Å²) in [5.41, 5.74) is 1.15. The van der Waals surface area contributed by atoms with E-state index in [0.717, 1.165) is 15.5 Å². The zero-order valence-corrected chi connectivity index (χ0v) is 15.9. The van der Waals surface area contributed by atoms with E-state index in [1.807, 2.05) is 0 Å². The van der Waals surface area contributed by atoms with Gasteiger partial charge in [0.1, 0.15) is 12.4 Å². The highest BCUT2D eigenvalue weighted by Crippen LogP contribution is 2.33. The van der Waals surface area contributed by atoms with Crippen LogP contribution in [0.15, 0.2) is 52.8 Å². The molecule has 2 aromatic carbocycles. The molecule has 2 aliphatic rings. The van der Waals surface area contributed by atoms with E-state index in [-0.39, 0.29) is 12.2 Å². The Morgan fingerprint density at radius 2 is 1.97 bits per heavy atom. The minimum Gasteiger partial charge on any atom is -0.322 e. The Morgan fingerprint density at radius 1 is 1.21 bits per heavy atom. The van der Waals surface area contributed by atoms with Crippen molar-refractivity contribution in [3.8, 4) is 0 Å². The summed E-state index contributed by atoms with van der Waals surface area (Å²) in [6.07, 6.45) is 0. The molecule has 3 amide bonds. The van der Waals surface area contributed by atoms with Crippen molar-refractivity contribution in [3.63, 3.8) is 0 Å². The van der Waals surface area contributed by atoms with Gasteiger partial charge in [-0.3, -0.25) is 19.4 Å². The van der Waals surface area contributed by atoms with Gasteiger partial charge in [-0.15, -0.1) is 0 Å². The van der Waals surface area contributed by atoms with E-state index >= 15 is 0 Å². The molecule has 148 valence electrons. The van der Waals surface area contributed by atoms with Crippen LogP contribution in [0.4, 0.5) is 15.8 Å². The number of nitrogens with zero attached hydrogens (tertiary/aromatic N) is 4.